The van der Waals surface area contributed by atoms with Gasteiger partial charge in [0, 0.05) is 25.5 Å². The monoisotopic (exact) mass is 408 g/mol. The Hall–Kier alpha value is -3.88. The molecular weight excluding hydrogens is 388 g/mol. The number of rotatable bonds is 5. The molecule has 3 aromatic rings. The van der Waals surface area contributed by atoms with Crippen LogP contribution >= 0.6 is 0 Å². The number of carbonyl (C=O) groups is 2. The zero-order valence-corrected chi connectivity index (χ0v) is 16.0. The molecular formula is C21H20N4O5. The van der Waals surface area contributed by atoms with Gasteiger partial charge in [0.15, 0.2) is 5.65 Å². The molecule has 0 aliphatic carbocycles. The van der Waals surface area contributed by atoms with E-state index in [-0.39, 0.29) is 23.6 Å². The summed E-state index contributed by atoms with van der Waals surface area (Å²) in [5.41, 5.74) is 3.48. The highest BCUT2D eigenvalue weighted by atomic mass is 16.6. The Morgan fingerprint density at radius 1 is 1.20 bits per heavy atom. The maximum Gasteiger partial charge on any atom is 0.410 e. The highest BCUT2D eigenvalue weighted by Crippen LogP contribution is 2.15. The first-order valence-corrected chi connectivity index (χ1v) is 9.49. The molecule has 1 amide bonds. The number of hydrogen-bond donors (Lipinski definition) is 2. The molecule has 9 nitrogen and oxygen atoms in total. The molecule has 0 bridgehead atoms. The topological polar surface area (TPSA) is 114 Å². The zero-order chi connectivity index (χ0) is 21.1. The third kappa shape index (κ3) is 3.95. The Balaban J connectivity index is 1.46. The largest absolute Gasteiger partial charge is 0.477 e. The molecule has 2 N–H and O–H groups in total. The number of amides is 1. The van der Waals surface area contributed by atoms with Crippen molar-refractivity contribution in [1.82, 2.24) is 14.6 Å². The van der Waals surface area contributed by atoms with Crippen molar-refractivity contribution >= 4 is 23.1 Å². The van der Waals surface area contributed by atoms with Gasteiger partial charge >= 0.3 is 12.1 Å². The van der Waals surface area contributed by atoms with E-state index >= 15 is 0 Å². The zero-order valence-electron chi connectivity index (χ0n) is 16.0. The van der Waals surface area contributed by atoms with Gasteiger partial charge in [0.2, 0.25) is 5.43 Å². The molecule has 3 heterocycles. The first kappa shape index (κ1) is 19.4. The number of carbonyl (C=O) groups excluding carboxylic acids is 1. The van der Waals surface area contributed by atoms with Crippen molar-refractivity contribution < 1.29 is 19.4 Å². The summed E-state index contributed by atoms with van der Waals surface area (Å²) in [6.45, 7) is 1.09. The molecule has 1 atom stereocenters. The lowest BCUT2D eigenvalue weighted by molar-refractivity contribution is 0.0694. The van der Waals surface area contributed by atoms with Crippen LogP contribution in [0.3, 0.4) is 0 Å². The fraction of sp³-hybridized carbons (Fsp3) is 0.238. The van der Waals surface area contributed by atoms with Crippen molar-refractivity contribution in [3.05, 3.63) is 76.2 Å². The van der Waals surface area contributed by atoms with Gasteiger partial charge in [0.1, 0.15) is 12.2 Å². The summed E-state index contributed by atoms with van der Waals surface area (Å²) < 4.78 is 6.82. The number of nitrogens with zero attached hydrogens (tertiary/aromatic N) is 3. The SMILES string of the molecule is O=C(O)c1cn(N[C@H]2CCN(C(=O)OCc3ccccc3)C2)c2ncccc2c1=O. The lowest BCUT2D eigenvalue weighted by Crippen LogP contribution is -2.35. The summed E-state index contributed by atoms with van der Waals surface area (Å²) in [6, 6.07) is 12.4. The number of benzene rings is 1. The summed E-state index contributed by atoms with van der Waals surface area (Å²) in [4.78, 5) is 42.0. The van der Waals surface area contributed by atoms with Crippen molar-refractivity contribution in [2.75, 3.05) is 18.5 Å². The molecule has 1 aliphatic heterocycles. The van der Waals surface area contributed by atoms with Gasteiger partial charge in [-0.05, 0) is 24.1 Å². The van der Waals surface area contributed by atoms with Crippen LogP contribution in [-0.4, -0.2) is 50.9 Å². The Morgan fingerprint density at radius 2 is 2.00 bits per heavy atom. The molecule has 0 unspecified atom stereocenters. The van der Waals surface area contributed by atoms with E-state index in [4.69, 9.17) is 4.74 Å². The Bertz CT molecular complexity index is 1150. The highest BCUT2D eigenvalue weighted by Gasteiger charge is 2.28. The van der Waals surface area contributed by atoms with Gasteiger partial charge in [-0.2, -0.15) is 0 Å². The van der Waals surface area contributed by atoms with Crippen LogP contribution in [0.1, 0.15) is 22.3 Å². The number of aromatic nitrogens is 2. The molecule has 0 spiro atoms. The summed E-state index contributed by atoms with van der Waals surface area (Å²) in [5.74, 6) is -1.31. The molecule has 1 aliphatic rings. The van der Waals surface area contributed by atoms with E-state index in [2.05, 4.69) is 10.4 Å². The van der Waals surface area contributed by atoms with Crippen LogP contribution in [0.25, 0.3) is 11.0 Å². The van der Waals surface area contributed by atoms with Gasteiger partial charge < -0.3 is 20.2 Å². The molecule has 154 valence electrons. The summed E-state index contributed by atoms with van der Waals surface area (Å²) in [7, 11) is 0. The number of likely N-dealkylation sites (tertiary alicyclic amines) is 1. The Kier molecular flexibility index (Phi) is 5.34. The van der Waals surface area contributed by atoms with Gasteiger partial charge in [-0.15, -0.1) is 0 Å². The fourth-order valence-electron chi connectivity index (χ4n) is 3.45. The summed E-state index contributed by atoms with van der Waals surface area (Å²) >= 11 is 0. The third-order valence-corrected chi connectivity index (χ3v) is 4.97. The van der Waals surface area contributed by atoms with Gasteiger partial charge in [-0.25, -0.2) is 19.2 Å². The minimum atomic E-state index is -1.31. The summed E-state index contributed by atoms with van der Waals surface area (Å²) in [5, 5.41) is 9.56. The van der Waals surface area contributed by atoms with Crippen LogP contribution in [0.5, 0.6) is 0 Å². The van der Waals surface area contributed by atoms with E-state index in [1.807, 2.05) is 30.3 Å². The number of carboxylic acid groups (broad SMARTS) is 1. The second-order valence-corrected chi connectivity index (χ2v) is 7.02. The summed E-state index contributed by atoms with van der Waals surface area (Å²) in [6.07, 6.45) is 3.00. The number of pyridine rings is 2. The Morgan fingerprint density at radius 3 is 2.77 bits per heavy atom. The van der Waals surface area contributed by atoms with E-state index in [9.17, 15) is 19.5 Å². The predicted octanol–water partition coefficient (Wildman–Crippen LogP) is 2.05. The molecule has 0 radical (unpaired) electrons. The van der Waals surface area contributed by atoms with E-state index in [0.29, 0.717) is 25.2 Å². The van der Waals surface area contributed by atoms with Crippen molar-refractivity contribution in [1.29, 1.82) is 0 Å². The fourth-order valence-corrected chi connectivity index (χ4v) is 3.45. The van der Waals surface area contributed by atoms with E-state index in [1.165, 1.54) is 23.1 Å². The minimum Gasteiger partial charge on any atom is -0.477 e. The first-order chi connectivity index (χ1) is 14.5. The number of fused-ring (bicyclic) bond motifs is 1. The average Bonchev–Trinajstić information content (AvgIpc) is 3.23. The van der Waals surface area contributed by atoms with E-state index < -0.39 is 17.5 Å². The average molecular weight is 408 g/mol. The maximum absolute atomic E-state index is 12.4. The smallest absolute Gasteiger partial charge is 0.410 e. The van der Waals surface area contributed by atoms with Gasteiger partial charge in [0.05, 0.1) is 11.4 Å². The molecule has 2 aromatic heterocycles. The number of carboxylic acids is 1. The third-order valence-electron chi connectivity index (χ3n) is 4.97. The number of hydrogen-bond acceptors (Lipinski definition) is 6. The van der Waals surface area contributed by atoms with Gasteiger partial charge in [0.25, 0.3) is 0 Å². The van der Waals surface area contributed by atoms with Crippen LogP contribution in [-0.2, 0) is 11.3 Å². The van der Waals surface area contributed by atoms with Crippen LogP contribution < -0.4 is 10.9 Å². The number of aromatic carboxylic acids is 1. The Labute approximate surface area is 171 Å². The van der Waals surface area contributed by atoms with Crippen LogP contribution in [0, 0.1) is 0 Å². The normalized spacial score (nSPS) is 15.9. The molecule has 30 heavy (non-hydrogen) atoms. The quantitative estimate of drug-likeness (QED) is 0.664. The number of nitrogens with one attached hydrogen (secondary N) is 1. The lowest BCUT2D eigenvalue weighted by atomic mass is 10.2. The van der Waals surface area contributed by atoms with E-state index in [0.717, 1.165) is 5.56 Å². The minimum absolute atomic E-state index is 0.149. The first-order valence-electron chi connectivity index (χ1n) is 9.49. The maximum atomic E-state index is 12.4. The second-order valence-electron chi connectivity index (χ2n) is 7.02. The molecule has 9 heteroatoms. The van der Waals surface area contributed by atoms with Crippen molar-refractivity contribution in [2.24, 2.45) is 0 Å². The lowest BCUT2D eigenvalue weighted by Gasteiger charge is -2.20. The van der Waals surface area contributed by atoms with Crippen LogP contribution in [0.4, 0.5) is 4.79 Å². The molecule has 1 saturated heterocycles. The van der Waals surface area contributed by atoms with E-state index in [1.54, 1.807) is 11.0 Å². The van der Waals surface area contributed by atoms with Gasteiger partial charge in [-0.1, -0.05) is 30.3 Å². The van der Waals surface area contributed by atoms with Gasteiger partial charge in [-0.3, -0.25) is 4.79 Å². The second kappa shape index (κ2) is 8.24. The van der Waals surface area contributed by atoms with Crippen LogP contribution in [0.15, 0.2) is 59.7 Å². The number of ether oxygens (including phenoxy) is 1. The predicted molar refractivity (Wildman–Crippen MR) is 109 cm³/mol. The van der Waals surface area contributed by atoms with Crippen molar-refractivity contribution in [3.8, 4) is 0 Å². The van der Waals surface area contributed by atoms with Crippen LogP contribution in [0.2, 0.25) is 0 Å². The molecule has 1 aromatic carbocycles. The van der Waals surface area contributed by atoms with Crippen molar-refractivity contribution in [3.63, 3.8) is 0 Å². The molecule has 1 fully saturated rings. The molecule has 0 saturated carbocycles. The molecule has 4 rings (SSSR count). The standard InChI is InChI=1S/C21H20N4O5/c26-18-16-7-4-9-22-19(16)25(12-17(18)20(27)28)23-15-8-10-24(11-15)21(29)30-13-14-5-2-1-3-6-14/h1-7,9,12,15,23H,8,10-11,13H2,(H,27,28)/t15-/m0/s1. The van der Waals surface area contributed by atoms with Crippen molar-refractivity contribution in [2.45, 2.75) is 19.1 Å². The highest BCUT2D eigenvalue weighted by molar-refractivity contribution is 5.91.